The highest BCUT2D eigenvalue weighted by Gasteiger charge is 2.30. The Balaban J connectivity index is 1.60. The van der Waals surface area contributed by atoms with Crippen molar-refractivity contribution in [2.75, 3.05) is 38.5 Å². The van der Waals surface area contributed by atoms with Crippen LogP contribution in [0.3, 0.4) is 0 Å². The summed E-state index contributed by atoms with van der Waals surface area (Å²) in [7, 11) is -1.87. The Bertz CT molecular complexity index is 1180. The number of nitrogens with zero attached hydrogens (tertiary/aromatic N) is 3. The third-order valence-corrected chi connectivity index (χ3v) is 7.40. The number of benzene rings is 2. The van der Waals surface area contributed by atoms with Gasteiger partial charge in [-0.2, -0.15) is 4.31 Å². The molecule has 1 aliphatic rings. The number of nitrogens with one attached hydrogen (secondary N) is 1. The van der Waals surface area contributed by atoms with Gasteiger partial charge in [-0.15, -0.1) is 0 Å². The Hall–Kier alpha value is -2.95. The smallest absolute Gasteiger partial charge is 0.293 e. The zero-order chi connectivity index (χ0) is 22.2. The molecule has 1 aliphatic heterocycles. The maximum atomic E-state index is 13.0. The van der Waals surface area contributed by atoms with Crippen LogP contribution in [0.4, 0.5) is 11.4 Å². The highest BCUT2D eigenvalue weighted by Crippen LogP contribution is 2.33. The minimum atomic E-state index is -3.80. The first-order valence-corrected chi connectivity index (χ1v) is 11.4. The number of hydrogen-bond acceptors (Lipinski definition) is 7. The second-order valence-corrected chi connectivity index (χ2v) is 9.63. The summed E-state index contributed by atoms with van der Waals surface area (Å²) < 4.78 is 33.1. The molecule has 2 aromatic carbocycles. The quantitative estimate of drug-likeness (QED) is 0.458. The standard InChI is InChI=1S/C21H24N4O5S/c1-15(21-13-16-5-3-4-6-20(16)30-21)22-18-8-7-17(14-19(18)25(26)27)31(28,29)24-11-9-23(2)10-12-24/h3-8,13-15,22H,9-12H2,1-2H3. The Morgan fingerprint density at radius 1 is 1.10 bits per heavy atom. The van der Waals surface area contributed by atoms with Crippen molar-refractivity contribution in [2.24, 2.45) is 0 Å². The molecule has 3 aromatic rings. The molecule has 4 rings (SSSR count). The lowest BCUT2D eigenvalue weighted by Crippen LogP contribution is -2.47. The van der Waals surface area contributed by atoms with Crippen LogP contribution in [-0.4, -0.2) is 55.8 Å². The summed E-state index contributed by atoms with van der Waals surface area (Å²) in [4.78, 5) is 13.1. The highest BCUT2D eigenvalue weighted by molar-refractivity contribution is 7.89. The van der Waals surface area contributed by atoms with E-state index in [1.165, 1.54) is 16.4 Å². The van der Waals surface area contributed by atoms with Crippen LogP contribution in [0.15, 0.2) is 57.8 Å². The molecule has 0 aliphatic carbocycles. The third-order valence-electron chi connectivity index (χ3n) is 5.51. The second-order valence-electron chi connectivity index (χ2n) is 7.70. The molecule has 1 saturated heterocycles. The fraction of sp³-hybridized carbons (Fsp3) is 0.333. The summed E-state index contributed by atoms with van der Waals surface area (Å²) >= 11 is 0. The number of sulfonamides is 1. The van der Waals surface area contributed by atoms with E-state index in [0.29, 0.717) is 31.9 Å². The molecule has 31 heavy (non-hydrogen) atoms. The van der Waals surface area contributed by atoms with Gasteiger partial charge >= 0.3 is 0 Å². The van der Waals surface area contributed by atoms with Crippen LogP contribution in [0, 0.1) is 10.1 Å². The number of rotatable bonds is 6. The summed E-state index contributed by atoms with van der Waals surface area (Å²) in [6.07, 6.45) is 0. The Morgan fingerprint density at radius 3 is 2.48 bits per heavy atom. The number of nitro benzene ring substituents is 1. The van der Waals surface area contributed by atoms with Gasteiger partial charge in [-0.3, -0.25) is 10.1 Å². The monoisotopic (exact) mass is 444 g/mol. The van der Waals surface area contributed by atoms with Gasteiger partial charge in [0.1, 0.15) is 17.0 Å². The van der Waals surface area contributed by atoms with Crippen LogP contribution in [0.5, 0.6) is 0 Å². The van der Waals surface area contributed by atoms with Gasteiger partial charge in [0.15, 0.2) is 0 Å². The van der Waals surface area contributed by atoms with Gasteiger partial charge in [0, 0.05) is 37.6 Å². The fourth-order valence-electron chi connectivity index (χ4n) is 3.64. The van der Waals surface area contributed by atoms with Gasteiger partial charge in [0.2, 0.25) is 10.0 Å². The second kappa shape index (κ2) is 8.29. The van der Waals surface area contributed by atoms with Crippen molar-refractivity contribution in [1.29, 1.82) is 0 Å². The lowest BCUT2D eigenvalue weighted by atomic mass is 10.2. The number of likely N-dealkylation sites (N-methyl/N-ethyl adjacent to an activating group) is 1. The molecule has 1 aromatic heterocycles. The number of fused-ring (bicyclic) bond motifs is 1. The Morgan fingerprint density at radius 2 is 1.81 bits per heavy atom. The van der Waals surface area contributed by atoms with Crippen LogP contribution in [0.2, 0.25) is 0 Å². The number of furan rings is 1. The van der Waals surface area contributed by atoms with Gasteiger partial charge in [-0.1, -0.05) is 18.2 Å². The van der Waals surface area contributed by atoms with E-state index < -0.39 is 14.9 Å². The molecular formula is C21H24N4O5S. The maximum absolute atomic E-state index is 13.0. The molecule has 0 saturated carbocycles. The van der Waals surface area contributed by atoms with Crippen molar-refractivity contribution in [1.82, 2.24) is 9.21 Å². The van der Waals surface area contributed by atoms with Crippen LogP contribution >= 0.6 is 0 Å². The summed E-state index contributed by atoms with van der Waals surface area (Å²) in [6, 6.07) is 13.1. The van der Waals surface area contributed by atoms with Gasteiger partial charge in [0.25, 0.3) is 5.69 Å². The molecule has 1 unspecified atom stereocenters. The number of nitro groups is 1. The molecule has 1 atom stereocenters. The molecule has 0 spiro atoms. The molecule has 9 nitrogen and oxygen atoms in total. The number of anilines is 1. The van der Waals surface area contributed by atoms with Crippen LogP contribution in [0.1, 0.15) is 18.7 Å². The predicted octanol–water partition coefficient (Wildman–Crippen LogP) is 3.45. The molecule has 0 bridgehead atoms. The van der Waals surface area contributed by atoms with Crippen molar-refractivity contribution < 1.29 is 17.8 Å². The minimum absolute atomic E-state index is 0.0781. The van der Waals surface area contributed by atoms with Gasteiger partial charge < -0.3 is 14.6 Å². The molecule has 0 radical (unpaired) electrons. The first-order chi connectivity index (χ1) is 14.8. The third kappa shape index (κ3) is 4.27. The van der Waals surface area contributed by atoms with E-state index in [1.807, 2.05) is 49.2 Å². The summed E-state index contributed by atoms with van der Waals surface area (Å²) in [5.74, 6) is 0.629. The van der Waals surface area contributed by atoms with Crippen LogP contribution in [0.25, 0.3) is 11.0 Å². The Kier molecular flexibility index (Phi) is 5.69. The van der Waals surface area contributed by atoms with Crippen molar-refractivity contribution in [3.8, 4) is 0 Å². The van der Waals surface area contributed by atoms with E-state index in [-0.39, 0.29) is 22.3 Å². The van der Waals surface area contributed by atoms with Crippen molar-refractivity contribution >= 4 is 32.4 Å². The highest BCUT2D eigenvalue weighted by atomic mass is 32.2. The molecular weight excluding hydrogens is 420 g/mol. The molecule has 164 valence electrons. The minimum Gasteiger partial charge on any atom is -0.459 e. The predicted molar refractivity (Wildman–Crippen MR) is 118 cm³/mol. The number of para-hydroxylation sites is 1. The van der Waals surface area contributed by atoms with Gasteiger partial charge in [-0.05, 0) is 38.2 Å². The normalized spacial score (nSPS) is 17.0. The topological polar surface area (TPSA) is 109 Å². The molecule has 10 heteroatoms. The summed E-state index contributed by atoms with van der Waals surface area (Å²) in [6.45, 7) is 3.79. The summed E-state index contributed by atoms with van der Waals surface area (Å²) in [5, 5.41) is 15.7. The number of hydrogen-bond donors (Lipinski definition) is 1. The van der Waals surface area contributed by atoms with E-state index in [9.17, 15) is 18.5 Å². The van der Waals surface area contributed by atoms with Crippen molar-refractivity contribution in [3.63, 3.8) is 0 Å². The molecule has 1 N–H and O–H groups in total. The van der Waals surface area contributed by atoms with Crippen molar-refractivity contribution in [3.05, 3.63) is 64.4 Å². The largest absolute Gasteiger partial charge is 0.459 e. The average molecular weight is 445 g/mol. The van der Waals surface area contributed by atoms with E-state index in [4.69, 9.17) is 4.42 Å². The first kappa shape index (κ1) is 21.3. The lowest BCUT2D eigenvalue weighted by molar-refractivity contribution is -0.384. The van der Waals surface area contributed by atoms with E-state index >= 15 is 0 Å². The fourth-order valence-corrected chi connectivity index (χ4v) is 5.09. The Labute approximate surface area is 180 Å². The van der Waals surface area contributed by atoms with Gasteiger partial charge in [-0.25, -0.2) is 8.42 Å². The van der Waals surface area contributed by atoms with Crippen molar-refractivity contribution in [2.45, 2.75) is 17.9 Å². The lowest BCUT2D eigenvalue weighted by Gasteiger charge is -2.31. The van der Waals surface area contributed by atoms with E-state index in [2.05, 4.69) is 5.32 Å². The molecule has 2 heterocycles. The van der Waals surface area contributed by atoms with E-state index in [1.54, 1.807) is 0 Å². The van der Waals surface area contributed by atoms with Crippen LogP contribution < -0.4 is 5.32 Å². The summed E-state index contributed by atoms with van der Waals surface area (Å²) in [5.41, 5.74) is 0.669. The van der Waals surface area contributed by atoms with Crippen LogP contribution in [-0.2, 0) is 10.0 Å². The average Bonchev–Trinajstić information content (AvgIpc) is 3.18. The molecule has 1 fully saturated rings. The first-order valence-electron chi connectivity index (χ1n) is 9.98. The SMILES string of the molecule is CC(Nc1ccc(S(=O)(=O)N2CCN(C)CC2)cc1[N+](=O)[O-])c1cc2ccccc2o1. The maximum Gasteiger partial charge on any atom is 0.293 e. The van der Waals surface area contributed by atoms with Gasteiger partial charge in [0.05, 0.1) is 15.9 Å². The molecule has 0 amide bonds. The zero-order valence-electron chi connectivity index (χ0n) is 17.3. The van der Waals surface area contributed by atoms with E-state index in [0.717, 1.165) is 17.0 Å². The zero-order valence-corrected chi connectivity index (χ0v) is 18.1. The number of piperazine rings is 1.